The van der Waals surface area contributed by atoms with Crippen molar-refractivity contribution >= 4 is 10.0 Å². The van der Waals surface area contributed by atoms with Crippen LogP contribution in [-0.4, -0.2) is 33.8 Å². The van der Waals surface area contributed by atoms with E-state index in [1.165, 1.54) is 38.4 Å². The molecule has 0 saturated carbocycles. The van der Waals surface area contributed by atoms with E-state index in [-0.39, 0.29) is 0 Å². The van der Waals surface area contributed by atoms with E-state index in [0.29, 0.717) is 12.6 Å². The van der Waals surface area contributed by atoms with Crippen molar-refractivity contribution in [2.45, 2.75) is 44.6 Å². The Bertz CT molecular complexity index is 325. The average Bonchev–Trinajstić information content (AvgIpc) is 2.18. The quantitative estimate of drug-likeness (QED) is 0.561. The molecule has 0 radical (unpaired) electrons. The van der Waals surface area contributed by atoms with E-state index in [1.54, 1.807) is 0 Å². The minimum Gasteiger partial charge on any atom is -0.310 e. The van der Waals surface area contributed by atoms with Gasteiger partial charge in [0.15, 0.2) is 0 Å². The number of hydrogen-bond donors (Lipinski definition) is 2. The van der Waals surface area contributed by atoms with Gasteiger partial charge in [0.05, 0.1) is 6.26 Å². The zero-order chi connectivity index (χ0) is 12.6. The first-order chi connectivity index (χ1) is 8.08. The molecule has 0 aromatic carbocycles. The Morgan fingerprint density at radius 3 is 2.82 bits per heavy atom. The van der Waals surface area contributed by atoms with Gasteiger partial charge in [0.1, 0.15) is 0 Å². The molecular weight excluding hydrogens is 236 g/mol. The van der Waals surface area contributed by atoms with Crippen LogP contribution in [0.3, 0.4) is 0 Å². The van der Waals surface area contributed by atoms with Crippen LogP contribution in [0.1, 0.15) is 38.5 Å². The summed E-state index contributed by atoms with van der Waals surface area (Å²) in [6.45, 7) is 1.37. The van der Waals surface area contributed by atoms with Gasteiger partial charge in [-0.1, -0.05) is 25.0 Å². The third kappa shape index (κ3) is 8.35. The molecule has 1 aliphatic rings. The fourth-order valence-electron chi connectivity index (χ4n) is 1.96. The van der Waals surface area contributed by atoms with Crippen molar-refractivity contribution in [3.05, 3.63) is 12.2 Å². The first-order valence-electron chi connectivity index (χ1n) is 6.42. The van der Waals surface area contributed by atoms with Crippen LogP contribution in [-0.2, 0) is 10.0 Å². The van der Waals surface area contributed by atoms with E-state index < -0.39 is 10.0 Å². The summed E-state index contributed by atoms with van der Waals surface area (Å²) in [6, 6.07) is 0.466. The standard InChI is InChI=1S/C12H24N2O2S/c1-17(15,16)14-11-7-10-13-12-8-5-3-2-4-6-9-12/h5,8,12-14H,2-4,6-7,9-11H2,1H3/b8-5+. The van der Waals surface area contributed by atoms with Crippen LogP contribution in [0.25, 0.3) is 0 Å². The van der Waals surface area contributed by atoms with Gasteiger partial charge in [-0.05, 0) is 32.2 Å². The highest BCUT2D eigenvalue weighted by Crippen LogP contribution is 2.11. The van der Waals surface area contributed by atoms with Gasteiger partial charge in [-0.25, -0.2) is 13.1 Å². The van der Waals surface area contributed by atoms with Crippen LogP contribution in [0, 0.1) is 0 Å². The molecule has 1 aliphatic carbocycles. The van der Waals surface area contributed by atoms with Crippen molar-refractivity contribution in [2.24, 2.45) is 0 Å². The lowest BCUT2D eigenvalue weighted by Gasteiger charge is -2.16. The molecule has 0 saturated heterocycles. The predicted molar refractivity (Wildman–Crippen MR) is 71.5 cm³/mol. The van der Waals surface area contributed by atoms with E-state index in [4.69, 9.17) is 0 Å². The predicted octanol–water partition coefficient (Wildman–Crippen LogP) is 1.40. The molecule has 0 heterocycles. The van der Waals surface area contributed by atoms with Gasteiger partial charge in [0.2, 0.25) is 10.0 Å². The van der Waals surface area contributed by atoms with Crippen LogP contribution in [0.2, 0.25) is 0 Å². The van der Waals surface area contributed by atoms with Crippen LogP contribution >= 0.6 is 0 Å². The Balaban J connectivity index is 2.10. The number of rotatable bonds is 6. The molecule has 0 aliphatic heterocycles. The summed E-state index contributed by atoms with van der Waals surface area (Å²) in [5.74, 6) is 0. The number of nitrogens with one attached hydrogen (secondary N) is 2. The highest BCUT2D eigenvalue weighted by molar-refractivity contribution is 7.88. The molecule has 1 atom stereocenters. The maximum atomic E-state index is 10.8. The van der Waals surface area contributed by atoms with Crippen LogP contribution < -0.4 is 10.0 Å². The molecular formula is C12H24N2O2S. The molecule has 17 heavy (non-hydrogen) atoms. The summed E-state index contributed by atoms with van der Waals surface area (Å²) >= 11 is 0. The molecule has 0 amide bonds. The van der Waals surface area contributed by atoms with Gasteiger partial charge >= 0.3 is 0 Å². The lowest BCUT2D eigenvalue weighted by Crippen LogP contribution is -2.31. The lowest BCUT2D eigenvalue weighted by atomic mass is 10.0. The first kappa shape index (κ1) is 14.7. The second-order valence-corrected chi connectivity index (χ2v) is 6.48. The minimum absolute atomic E-state index is 0.466. The van der Waals surface area contributed by atoms with Crippen molar-refractivity contribution < 1.29 is 8.42 Å². The molecule has 0 spiro atoms. The number of hydrogen-bond acceptors (Lipinski definition) is 3. The Morgan fingerprint density at radius 2 is 2.06 bits per heavy atom. The van der Waals surface area contributed by atoms with E-state index >= 15 is 0 Å². The Hall–Kier alpha value is -0.390. The molecule has 1 unspecified atom stereocenters. The Labute approximate surface area is 105 Å². The van der Waals surface area contributed by atoms with Crippen LogP contribution in [0.15, 0.2) is 12.2 Å². The smallest absolute Gasteiger partial charge is 0.208 e. The van der Waals surface area contributed by atoms with Gasteiger partial charge in [0, 0.05) is 12.6 Å². The summed E-state index contributed by atoms with van der Waals surface area (Å²) in [6.07, 6.45) is 12.8. The van der Waals surface area contributed by atoms with Gasteiger partial charge < -0.3 is 5.32 Å². The van der Waals surface area contributed by atoms with Gasteiger partial charge in [-0.15, -0.1) is 0 Å². The third-order valence-corrected chi connectivity index (χ3v) is 3.61. The normalized spacial score (nSPS) is 23.9. The zero-order valence-corrected chi connectivity index (χ0v) is 11.4. The minimum atomic E-state index is -3.03. The lowest BCUT2D eigenvalue weighted by molar-refractivity contribution is 0.501. The molecule has 0 bridgehead atoms. The maximum Gasteiger partial charge on any atom is 0.208 e. The zero-order valence-electron chi connectivity index (χ0n) is 10.6. The summed E-state index contributed by atoms with van der Waals surface area (Å²) in [7, 11) is -3.03. The molecule has 0 aromatic heterocycles. The Morgan fingerprint density at radius 1 is 1.24 bits per heavy atom. The molecule has 1 rings (SSSR count). The Kier molecular flexibility index (Phi) is 6.77. The monoisotopic (exact) mass is 260 g/mol. The fourth-order valence-corrected chi connectivity index (χ4v) is 2.48. The summed E-state index contributed by atoms with van der Waals surface area (Å²) < 4.78 is 24.2. The first-order valence-corrected chi connectivity index (χ1v) is 8.32. The van der Waals surface area contributed by atoms with Gasteiger partial charge in [0.25, 0.3) is 0 Å². The maximum absolute atomic E-state index is 10.8. The average molecular weight is 260 g/mol. The van der Waals surface area contributed by atoms with Crippen LogP contribution in [0.4, 0.5) is 0 Å². The van der Waals surface area contributed by atoms with Crippen molar-refractivity contribution in [2.75, 3.05) is 19.3 Å². The van der Waals surface area contributed by atoms with Gasteiger partial charge in [-0.2, -0.15) is 0 Å². The molecule has 100 valence electrons. The number of sulfonamides is 1. The molecule has 4 nitrogen and oxygen atoms in total. The fraction of sp³-hybridized carbons (Fsp3) is 0.833. The highest BCUT2D eigenvalue weighted by atomic mass is 32.2. The molecule has 5 heteroatoms. The topological polar surface area (TPSA) is 58.2 Å². The van der Waals surface area contributed by atoms with Crippen LogP contribution in [0.5, 0.6) is 0 Å². The summed E-state index contributed by atoms with van der Waals surface area (Å²) in [4.78, 5) is 0. The molecule has 0 fully saturated rings. The SMILES string of the molecule is CS(=O)(=O)NCCCNC1/C=C/CCCCC1. The number of allylic oxidation sites excluding steroid dienone is 1. The second-order valence-electron chi connectivity index (χ2n) is 4.65. The van der Waals surface area contributed by atoms with E-state index in [2.05, 4.69) is 22.2 Å². The van der Waals surface area contributed by atoms with Crippen molar-refractivity contribution in [1.82, 2.24) is 10.0 Å². The molecule has 2 N–H and O–H groups in total. The third-order valence-electron chi connectivity index (χ3n) is 2.88. The van der Waals surface area contributed by atoms with Gasteiger partial charge in [-0.3, -0.25) is 0 Å². The second kappa shape index (κ2) is 7.84. The van der Waals surface area contributed by atoms with E-state index in [0.717, 1.165) is 13.0 Å². The van der Waals surface area contributed by atoms with E-state index in [9.17, 15) is 8.42 Å². The van der Waals surface area contributed by atoms with Crippen molar-refractivity contribution in [3.8, 4) is 0 Å². The van der Waals surface area contributed by atoms with E-state index in [1.807, 2.05) is 0 Å². The largest absolute Gasteiger partial charge is 0.310 e. The van der Waals surface area contributed by atoms with Crippen molar-refractivity contribution in [1.29, 1.82) is 0 Å². The highest BCUT2D eigenvalue weighted by Gasteiger charge is 2.05. The van der Waals surface area contributed by atoms with Crippen molar-refractivity contribution in [3.63, 3.8) is 0 Å². The summed E-state index contributed by atoms with van der Waals surface area (Å²) in [5, 5.41) is 3.45. The molecule has 0 aromatic rings. The summed E-state index contributed by atoms with van der Waals surface area (Å²) in [5.41, 5.74) is 0.